The van der Waals surface area contributed by atoms with Crippen LogP contribution >= 0.6 is 0 Å². The van der Waals surface area contributed by atoms with E-state index in [1.807, 2.05) is 0 Å². The summed E-state index contributed by atoms with van der Waals surface area (Å²) in [6.07, 6.45) is 0.929. The first-order valence-corrected chi connectivity index (χ1v) is 6.60. The van der Waals surface area contributed by atoms with Crippen molar-refractivity contribution in [3.05, 3.63) is 23.5 Å². The second kappa shape index (κ2) is 5.90. The molecule has 0 saturated heterocycles. The van der Waals surface area contributed by atoms with E-state index >= 15 is 0 Å². The predicted molar refractivity (Wildman–Crippen MR) is 74.7 cm³/mol. The minimum absolute atomic E-state index is 0.224. The molecule has 0 unspecified atom stereocenters. The molecule has 0 aliphatic carbocycles. The van der Waals surface area contributed by atoms with Gasteiger partial charge in [-0.25, -0.2) is 9.37 Å². The Balaban J connectivity index is 2.15. The number of benzene rings is 1. The number of aryl methyl sites for hydroxylation is 2. The first-order chi connectivity index (χ1) is 9.52. The molecule has 0 amide bonds. The number of ether oxygens (including phenoxy) is 1. The Kier molecular flexibility index (Phi) is 4.22. The first-order valence-electron chi connectivity index (χ1n) is 6.60. The van der Waals surface area contributed by atoms with Crippen LogP contribution in [0.1, 0.15) is 25.3 Å². The molecule has 1 aromatic heterocycles. The highest BCUT2D eigenvalue weighted by Gasteiger charge is 2.11. The standard InChI is InChI=1S/C14H18FN3O2/c1-3-20-13(19)5-4-6-18-12-7-9(2)10(15)8-11(12)17-14(18)16/h7-8H,3-6H2,1-2H3,(H2,16,17). The molecule has 1 heterocycles. The fraction of sp³-hybridized carbons (Fsp3) is 0.429. The van der Waals surface area contributed by atoms with Gasteiger partial charge < -0.3 is 15.0 Å². The summed E-state index contributed by atoms with van der Waals surface area (Å²) >= 11 is 0. The lowest BCUT2D eigenvalue weighted by molar-refractivity contribution is -0.143. The third-order valence-corrected chi connectivity index (χ3v) is 3.13. The number of aromatic nitrogens is 2. The molecular formula is C14H18FN3O2. The summed E-state index contributed by atoms with van der Waals surface area (Å²) in [4.78, 5) is 15.4. The SMILES string of the molecule is CCOC(=O)CCCn1c(N)nc2cc(F)c(C)cc21. The summed E-state index contributed by atoms with van der Waals surface area (Å²) in [5.74, 6) is -0.194. The van der Waals surface area contributed by atoms with Crippen molar-refractivity contribution in [2.75, 3.05) is 12.3 Å². The molecule has 1 aromatic carbocycles. The summed E-state index contributed by atoms with van der Waals surface area (Å²) < 4.78 is 20.1. The van der Waals surface area contributed by atoms with E-state index in [0.29, 0.717) is 43.0 Å². The second-order valence-electron chi connectivity index (χ2n) is 4.62. The Bertz CT molecular complexity index is 637. The zero-order valence-corrected chi connectivity index (χ0v) is 11.6. The highest BCUT2D eigenvalue weighted by atomic mass is 19.1. The topological polar surface area (TPSA) is 70.1 Å². The maximum absolute atomic E-state index is 13.5. The van der Waals surface area contributed by atoms with Crippen molar-refractivity contribution in [1.82, 2.24) is 9.55 Å². The molecular weight excluding hydrogens is 261 g/mol. The van der Waals surface area contributed by atoms with Gasteiger partial charge in [0.25, 0.3) is 0 Å². The number of fused-ring (bicyclic) bond motifs is 1. The van der Waals surface area contributed by atoms with Gasteiger partial charge in [-0.15, -0.1) is 0 Å². The van der Waals surface area contributed by atoms with Gasteiger partial charge in [0.15, 0.2) is 0 Å². The number of hydrogen-bond acceptors (Lipinski definition) is 4. The third-order valence-electron chi connectivity index (χ3n) is 3.13. The number of esters is 1. The maximum Gasteiger partial charge on any atom is 0.305 e. The van der Waals surface area contributed by atoms with Gasteiger partial charge in [0.2, 0.25) is 5.95 Å². The van der Waals surface area contributed by atoms with Crippen molar-refractivity contribution < 1.29 is 13.9 Å². The molecule has 2 N–H and O–H groups in total. The van der Waals surface area contributed by atoms with Crippen molar-refractivity contribution in [1.29, 1.82) is 0 Å². The van der Waals surface area contributed by atoms with Crippen molar-refractivity contribution in [2.24, 2.45) is 0 Å². The fourth-order valence-electron chi connectivity index (χ4n) is 2.12. The number of nitrogens with zero attached hydrogens (tertiary/aromatic N) is 2. The van der Waals surface area contributed by atoms with E-state index in [0.717, 1.165) is 5.52 Å². The van der Waals surface area contributed by atoms with Gasteiger partial charge in [0.05, 0.1) is 17.6 Å². The number of imidazole rings is 1. The lowest BCUT2D eigenvalue weighted by Gasteiger charge is -2.07. The number of nitrogens with two attached hydrogens (primary N) is 1. The summed E-state index contributed by atoms with van der Waals surface area (Å²) in [6, 6.07) is 3.10. The van der Waals surface area contributed by atoms with Crippen molar-refractivity contribution in [3.63, 3.8) is 0 Å². The number of anilines is 1. The van der Waals surface area contributed by atoms with E-state index in [1.54, 1.807) is 24.5 Å². The molecule has 2 aromatic rings. The normalized spacial score (nSPS) is 10.9. The molecule has 20 heavy (non-hydrogen) atoms. The monoisotopic (exact) mass is 279 g/mol. The number of rotatable bonds is 5. The zero-order valence-electron chi connectivity index (χ0n) is 11.6. The van der Waals surface area contributed by atoms with Crippen molar-refractivity contribution in [3.8, 4) is 0 Å². The molecule has 0 aliphatic rings. The maximum atomic E-state index is 13.5. The van der Waals surface area contributed by atoms with Crippen LogP contribution in [0.15, 0.2) is 12.1 Å². The zero-order chi connectivity index (χ0) is 14.7. The lowest BCUT2D eigenvalue weighted by atomic mass is 10.2. The molecule has 5 nitrogen and oxygen atoms in total. The van der Waals surface area contributed by atoms with E-state index in [4.69, 9.17) is 10.5 Å². The van der Waals surface area contributed by atoms with Crippen LogP contribution in [0.25, 0.3) is 11.0 Å². The fourth-order valence-corrected chi connectivity index (χ4v) is 2.12. The molecule has 0 radical (unpaired) electrons. The van der Waals surface area contributed by atoms with E-state index in [2.05, 4.69) is 4.98 Å². The first kappa shape index (κ1) is 14.3. The van der Waals surface area contributed by atoms with E-state index in [9.17, 15) is 9.18 Å². The second-order valence-corrected chi connectivity index (χ2v) is 4.62. The smallest absolute Gasteiger partial charge is 0.305 e. The van der Waals surface area contributed by atoms with Crippen LogP contribution in [0.5, 0.6) is 0 Å². The number of hydrogen-bond donors (Lipinski definition) is 1. The Morgan fingerprint density at radius 1 is 1.50 bits per heavy atom. The van der Waals surface area contributed by atoms with Gasteiger partial charge in [0.1, 0.15) is 5.82 Å². The summed E-state index contributed by atoms with van der Waals surface area (Å²) in [7, 11) is 0. The number of carbonyl (C=O) groups excluding carboxylic acids is 1. The van der Waals surface area contributed by atoms with Gasteiger partial charge in [0, 0.05) is 19.0 Å². The van der Waals surface area contributed by atoms with Crippen LogP contribution in [0.3, 0.4) is 0 Å². The minimum Gasteiger partial charge on any atom is -0.466 e. The Labute approximate surface area is 116 Å². The minimum atomic E-state index is -0.298. The highest BCUT2D eigenvalue weighted by Crippen LogP contribution is 2.22. The lowest BCUT2D eigenvalue weighted by Crippen LogP contribution is -2.08. The van der Waals surface area contributed by atoms with Crippen LogP contribution in [-0.2, 0) is 16.1 Å². The average molecular weight is 279 g/mol. The Hall–Kier alpha value is -2.11. The van der Waals surface area contributed by atoms with Crippen LogP contribution in [0, 0.1) is 12.7 Å². The molecule has 0 spiro atoms. The van der Waals surface area contributed by atoms with E-state index in [-0.39, 0.29) is 11.8 Å². The van der Waals surface area contributed by atoms with Crippen LogP contribution < -0.4 is 5.73 Å². The summed E-state index contributed by atoms with van der Waals surface area (Å²) in [5, 5.41) is 0. The van der Waals surface area contributed by atoms with Crippen LogP contribution in [-0.4, -0.2) is 22.1 Å². The molecule has 0 bridgehead atoms. The average Bonchev–Trinajstić information content (AvgIpc) is 2.67. The number of carbonyl (C=O) groups is 1. The highest BCUT2D eigenvalue weighted by molar-refractivity contribution is 5.79. The van der Waals surface area contributed by atoms with Gasteiger partial charge in [-0.2, -0.15) is 0 Å². The summed E-state index contributed by atoms with van der Waals surface area (Å²) in [6.45, 7) is 4.40. The van der Waals surface area contributed by atoms with Crippen LogP contribution in [0.4, 0.5) is 10.3 Å². The van der Waals surface area contributed by atoms with Gasteiger partial charge in [-0.3, -0.25) is 4.79 Å². The van der Waals surface area contributed by atoms with Crippen molar-refractivity contribution >= 4 is 23.0 Å². The van der Waals surface area contributed by atoms with E-state index in [1.165, 1.54) is 6.07 Å². The van der Waals surface area contributed by atoms with Gasteiger partial charge in [-0.05, 0) is 31.9 Å². The van der Waals surface area contributed by atoms with Gasteiger partial charge in [-0.1, -0.05) is 0 Å². The number of halogens is 1. The summed E-state index contributed by atoms with van der Waals surface area (Å²) in [5.41, 5.74) is 7.70. The molecule has 108 valence electrons. The number of nitrogen functional groups attached to an aromatic ring is 1. The largest absolute Gasteiger partial charge is 0.466 e. The Morgan fingerprint density at radius 3 is 2.95 bits per heavy atom. The molecule has 0 saturated carbocycles. The molecule has 0 fully saturated rings. The van der Waals surface area contributed by atoms with Crippen LogP contribution in [0.2, 0.25) is 0 Å². The molecule has 2 rings (SSSR count). The Morgan fingerprint density at radius 2 is 2.25 bits per heavy atom. The van der Waals surface area contributed by atoms with E-state index < -0.39 is 0 Å². The predicted octanol–water partition coefficient (Wildman–Crippen LogP) is 2.41. The van der Waals surface area contributed by atoms with Gasteiger partial charge >= 0.3 is 5.97 Å². The van der Waals surface area contributed by atoms with Crippen molar-refractivity contribution in [2.45, 2.75) is 33.2 Å². The molecule has 0 atom stereocenters. The quantitative estimate of drug-likeness (QED) is 0.853. The molecule has 0 aliphatic heterocycles. The third kappa shape index (κ3) is 2.89. The molecule has 6 heteroatoms.